The van der Waals surface area contributed by atoms with E-state index in [1.54, 1.807) is 12.1 Å². The van der Waals surface area contributed by atoms with E-state index in [1.165, 1.54) is 0 Å². The van der Waals surface area contributed by atoms with Crippen LogP contribution in [-0.4, -0.2) is 11.9 Å². The van der Waals surface area contributed by atoms with Crippen LogP contribution in [0.2, 0.25) is 0 Å². The Hall–Kier alpha value is -1.57. The smallest absolute Gasteiger partial charge is 0.170 e. The minimum atomic E-state index is 0.0428. The van der Waals surface area contributed by atoms with Crippen molar-refractivity contribution in [3.8, 4) is 5.75 Å². The van der Waals surface area contributed by atoms with Crippen molar-refractivity contribution in [2.24, 2.45) is 0 Å². The predicted molar refractivity (Wildman–Crippen MR) is 61.4 cm³/mol. The van der Waals surface area contributed by atoms with Gasteiger partial charge in [0.2, 0.25) is 0 Å². The summed E-state index contributed by atoms with van der Waals surface area (Å²) in [6, 6.07) is 7.30. The van der Waals surface area contributed by atoms with Gasteiger partial charge in [0.05, 0.1) is 11.7 Å². The van der Waals surface area contributed by atoms with Gasteiger partial charge in [-0.2, -0.15) is 0 Å². The van der Waals surface area contributed by atoms with Crippen molar-refractivity contribution >= 4 is 5.78 Å². The molecule has 0 amide bonds. The average molecular weight is 204 g/mol. The quantitative estimate of drug-likeness (QED) is 0.543. The van der Waals surface area contributed by atoms with Crippen molar-refractivity contribution in [1.29, 1.82) is 0 Å². The predicted octanol–water partition coefficient (Wildman–Crippen LogP) is 3.23. The number of ketones is 1. The van der Waals surface area contributed by atoms with Gasteiger partial charge in [0.25, 0.3) is 0 Å². The molecule has 1 aromatic carbocycles. The Morgan fingerprint density at radius 3 is 2.73 bits per heavy atom. The van der Waals surface area contributed by atoms with Crippen molar-refractivity contribution in [3.05, 3.63) is 42.5 Å². The van der Waals surface area contributed by atoms with Gasteiger partial charge in [-0.15, -0.1) is 6.58 Å². The van der Waals surface area contributed by atoms with E-state index in [2.05, 4.69) is 6.58 Å². The van der Waals surface area contributed by atoms with Crippen LogP contribution in [0.1, 0.15) is 30.6 Å². The zero-order valence-electron chi connectivity index (χ0n) is 9.19. The third-order valence-corrected chi connectivity index (χ3v) is 1.88. The van der Waals surface area contributed by atoms with Gasteiger partial charge < -0.3 is 4.74 Å². The Kier molecular flexibility index (Phi) is 4.10. The average Bonchev–Trinajstić information content (AvgIpc) is 2.18. The number of para-hydroxylation sites is 1. The second-order valence-corrected chi connectivity index (χ2v) is 3.58. The molecule has 15 heavy (non-hydrogen) atoms. The Labute approximate surface area is 90.6 Å². The van der Waals surface area contributed by atoms with E-state index in [-0.39, 0.29) is 11.9 Å². The summed E-state index contributed by atoms with van der Waals surface area (Å²) in [5.41, 5.74) is 0.631. The van der Waals surface area contributed by atoms with Gasteiger partial charge in [0.15, 0.2) is 5.78 Å². The summed E-state index contributed by atoms with van der Waals surface area (Å²) >= 11 is 0. The summed E-state index contributed by atoms with van der Waals surface area (Å²) in [5, 5.41) is 0. The number of hydrogen-bond acceptors (Lipinski definition) is 2. The van der Waals surface area contributed by atoms with Crippen LogP contribution in [0.25, 0.3) is 0 Å². The van der Waals surface area contributed by atoms with Crippen LogP contribution < -0.4 is 4.74 Å². The molecule has 0 saturated heterocycles. The third kappa shape index (κ3) is 3.24. The molecule has 1 aromatic rings. The SMILES string of the molecule is C=CCC(=O)c1ccccc1OC(C)C. The van der Waals surface area contributed by atoms with E-state index in [0.29, 0.717) is 17.7 Å². The molecule has 0 aliphatic carbocycles. The molecule has 0 unspecified atom stereocenters. The highest BCUT2D eigenvalue weighted by molar-refractivity contribution is 5.99. The molecule has 0 spiro atoms. The molecule has 0 saturated carbocycles. The maximum Gasteiger partial charge on any atom is 0.170 e. The zero-order valence-corrected chi connectivity index (χ0v) is 9.19. The Balaban J connectivity index is 2.95. The highest BCUT2D eigenvalue weighted by atomic mass is 16.5. The molecule has 80 valence electrons. The summed E-state index contributed by atoms with van der Waals surface area (Å²) < 4.78 is 5.56. The number of carbonyl (C=O) groups is 1. The fourth-order valence-corrected chi connectivity index (χ4v) is 1.29. The first kappa shape index (κ1) is 11.5. The highest BCUT2D eigenvalue weighted by Gasteiger charge is 2.11. The van der Waals surface area contributed by atoms with Crippen molar-refractivity contribution < 1.29 is 9.53 Å². The van der Waals surface area contributed by atoms with Gasteiger partial charge in [0.1, 0.15) is 5.75 Å². The van der Waals surface area contributed by atoms with Gasteiger partial charge in [-0.3, -0.25) is 4.79 Å². The standard InChI is InChI=1S/C13H16O2/c1-4-7-12(14)11-8-5-6-9-13(11)15-10(2)3/h4-6,8-10H,1,7H2,2-3H3. The molecule has 2 nitrogen and oxygen atoms in total. The van der Waals surface area contributed by atoms with E-state index in [0.717, 1.165) is 0 Å². The van der Waals surface area contributed by atoms with Crippen LogP contribution in [0.5, 0.6) is 5.75 Å². The lowest BCUT2D eigenvalue weighted by Crippen LogP contribution is -2.09. The third-order valence-electron chi connectivity index (χ3n) is 1.88. The number of ether oxygens (including phenoxy) is 1. The summed E-state index contributed by atoms with van der Waals surface area (Å²) in [5.74, 6) is 0.695. The monoisotopic (exact) mass is 204 g/mol. The van der Waals surface area contributed by atoms with Crippen LogP contribution in [0.3, 0.4) is 0 Å². The fraction of sp³-hybridized carbons (Fsp3) is 0.308. The first-order chi connectivity index (χ1) is 7.15. The van der Waals surface area contributed by atoms with Crippen LogP contribution >= 0.6 is 0 Å². The molecule has 2 heteroatoms. The minimum absolute atomic E-state index is 0.0428. The number of benzene rings is 1. The Bertz CT molecular complexity index is 353. The molecule has 0 atom stereocenters. The maximum absolute atomic E-state index is 11.7. The fourth-order valence-electron chi connectivity index (χ4n) is 1.29. The lowest BCUT2D eigenvalue weighted by molar-refractivity contribution is 0.0990. The molecule has 1 rings (SSSR count). The van der Waals surface area contributed by atoms with Gasteiger partial charge >= 0.3 is 0 Å². The number of rotatable bonds is 5. The number of Topliss-reactive ketones (excluding diaryl/α,β-unsaturated/α-hetero) is 1. The van der Waals surface area contributed by atoms with Crippen molar-refractivity contribution in [1.82, 2.24) is 0 Å². The van der Waals surface area contributed by atoms with Crippen LogP contribution in [0.15, 0.2) is 36.9 Å². The number of hydrogen-bond donors (Lipinski definition) is 0. The largest absolute Gasteiger partial charge is 0.490 e. The first-order valence-electron chi connectivity index (χ1n) is 5.05. The van der Waals surface area contributed by atoms with Gasteiger partial charge in [-0.25, -0.2) is 0 Å². The summed E-state index contributed by atoms with van der Waals surface area (Å²) in [4.78, 5) is 11.7. The van der Waals surface area contributed by atoms with Crippen molar-refractivity contribution in [2.45, 2.75) is 26.4 Å². The van der Waals surface area contributed by atoms with Gasteiger partial charge in [-0.1, -0.05) is 18.2 Å². The molecule has 0 aromatic heterocycles. The second-order valence-electron chi connectivity index (χ2n) is 3.58. The normalized spacial score (nSPS) is 10.1. The van der Waals surface area contributed by atoms with Gasteiger partial charge in [0, 0.05) is 6.42 Å². The molecule has 0 radical (unpaired) electrons. The Morgan fingerprint density at radius 2 is 2.13 bits per heavy atom. The van der Waals surface area contributed by atoms with E-state index in [9.17, 15) is 4.79 Å². The first-order valence-corrected chi connectivity index (χ1v) is 5.05. The van der Waals surface area contributed by atoms with Gasteiger partial charge in [-0.05, 0) is 26.0 Å². The summed E-state index contributed by atoms with van der Waals surface area (Å²) in [7, 11) is 0. The summed E-state index contributed by atoms with van der Waals surface area (Å²) in [6.07, 6.45) is 2.02. The zero-order chi connectivity index (χ0) is 11.3. The van der Waals surface area contributed by atoms with Crippen LogP contribution in [-0.2, 0) is 0 Å². The van der Waals surface area contributed by atoms with E-state index >= 15 is 0 Å². The van der Waals surface area contributed by atoms with E-state index in [4.69, 9.17) is 4.74 Å². The lowest BCUT2D eigenvalue weighted by Gasteiger charge is -2.12. The highest BCUT2D eigenvalue weighted by Crippen LogP contribution is 2.20. The maximum atomic E-state index is 11.7. The Morgan fingerprint density at radius 1 is 1.47 bits per heavy atom. The van der Waals surface area contributed by atoms with E-state index < -0.39 is 0 Å². The molecule has 0 heterocycles. The second kappa shape index (κ2) is 5.35. The molecular formula is C13H16O2. The number of allylic oxidation sites excluding steroid dienone is 1. The van der Waals surface area contributed by atoms with Crippen molar-refractivity contribution in [3.63, 3.8) is 0 Å². The lowest BCUT2D eigenvalue weighted by atomic mass is 10.1. The topological polar surface area (TPSA) is 26.3 Å². The van der Waals surface area contributed by atoms with E-state index in [1.807, 2.05) is 32.0 Å². The molecule has 0 N–H and O–H groups in total. The molecule has 0 bridgehead atoms. The molecule has 0 aliphatic rings. The van der Waals surface area contributed by atoms with Crippen LogP contribution in [0, 0.1) is 0 Å². The van der Waals surface area contributed by atoms with Crippen molar-refractivity contribution in [2.75, 3.05) is 0 Å². The molecule has 0 aliphatic heterocycles. The summed E-state index contributed by atoms with van der Waals surface area (Å²) in [6.45, 7) is 7.43. The number of carbonyl (C=O) groups excluding carboxylic acids is 1. The molecule has 0 fully saturated rings. The molecular weight excluding hydrogens is 188 g/mol. The minimum Gasteiger partial charge on any atom is -0.490 e. The van der Waals surface area contributed by atoms with Crippen LogP contribution in [0.4, 0.5) is 0 Å².